The van der Waals surface area contributed by atoms with Crippen LogP contribution in [-0.4, -0.2) is 59.0 Å². The topological polar surface area (TPSA) is 118 Å². The molecule has 1 spiro atoms. The lowest BCUT2D eigenvalue weighted by molar-refractivity contribution is -0.0813. The largest absolute Gasteiger partial charge is 0.365 e. The van der Waals surface area contributed by atoms with Crippen molar-refractivity contribution in [1.29, 1.82) is 0 Å². The Morgan fingerprint density at radius 2 is 2.03 bits per heavy atom. The molecule has 0 bridgehead atoms. The molecule has 1 unspecified atom stereocenters. The molecular formula is C19H26N6O4S. The molecular weight excluding hydrogens is 408 g/mol. The molecule has 11 heteroatoms. The lowest BCUT2D eigenvalue weighted by atomic mass is 10.0. The van der Waals surface area contributed by atoms with Crippen molar-refractivity contribution in [1.82, 2.24) is 29.9 Å². The second-order valence-electron chi connectivity index (χ2n) is 7.62. The summed E-state index contributed by atoms with van der Waals surface area (Å²) in [6, 6.07) is 8.19. The highest BCUT2D eigenvalue weighted by Gasteiger charge is 2.47. The average molecular weight is 435 g/mol. The zero-order valence-electron chi connectivity index (χ0n) is 16.9. The van der Waals surface area contributed by atoms with Gasteiger partial charge in [0.05, 0.1) is 30.3 Å². The van der Waals surface area contributed by atoms with Crippen molar-refractivity contribution in [3.63, 3.8) is 0 Å². The predicted molar refractivity (Wildman–Crippen MR) is 108 cm³/mol. The van der Waals surface area contributed by atoms with Crippen molar-refractivity contribution in [2.75, 3.05) is 19.6 Å². The molecule has 1 saturated heterocycles. The number of ether oxygens (including phenoxy) is 1. The van der Waals surface area contributed by atoms with E-state index in [-0.39, 0.29) is 30.6 Å². The first-order valence-corrected chi connectivity index (χ1v) is 11.5. The van der Waals surface area contributed by atoms with Gasteiger partial charge in [0.1, 0.15) is 11.3 Å². The number of rotatable bonds is 6. The predicted octanol–water partition coefficient (Wildman–Crippen LogP) is 0.851. The van der Waals surface area contributed by atoms with Gasteiger partial charge in [-0.25, -0.2) is 17.9 Å². The number of fused-ring (bicyclic) bond motifs is 1. The number of aromatic nitrogens is 3. The summed E-state index contributed by atoms with van der Waals surface area (Å²) in [5.41, 5.74) is 0.843. The SMILES string of the molecule is CCCNC(=O)NCc1nnn2c1COC1(CCN(S(=O)(=O)c3ccccc3)C1)C2. The van der Waals surface area contributed by atoms with Crippen LogP contribution in [0.4, 0.5) is 4.79 Å². The summed E-state index contributed by atoms with van der Waals surface area (Å²) < 4.78 is 35.2. The summed E-state index contributed by atoms with van der Waals surface area (Å²) in [6.45, 7) is 4.23. The van der Waals surface area contributed by atoms with Crippen molar-refractivity contribution in [3.8, 4) is 0 Å². The van der Waals surface area contributed by atoms with E-state index < -0.39 is 15.6 Å². The zero-order valence-corrected chi connectivity index (χ0v) is 17.7. The van der Waals surface area contributed by atoms with Crippen LogP contribution >= 0.6 is 0 Å². The van der Waals surface area contributed by atoms with Crippen molar-refractivity contribution >= 4 is 16.1 Å². The minimum absolute atomic E-state index is 0.246. The number of carbonyl (C=O) groups is 1. The van der Waals surface area contributed by atoms with Gasteiger partial charge in [-0.15, -0.1) is 5.10 Å². The van der Waals surface area contributed by atoms with Crippen molar-refractivity contribution in [2.24, 2.45) is 0 Å². The third kappa shape index (κ3) is 4.05. The first-order valence-electron chi connectivity index (χ1n) is 10.1. The fourth-order valence-corrected chi connectivity index (χ4v) is 5.33. The number of nitrogens with one attached hydrogen (secondary N) is 2. The van der Waals surface area contributed by atoms with E-state index >= 15 is 0 Å². The molecule has 10 nitrogen and oxygen atoms in total. The number of benzene rings is 1. The van der Waals surface area contributed by atoms with Crippen LogP contribution in [0.15, 0.2) is 35.2 Å². The van der Waals surface area contributed by atoms with E-state index in [0.717, 1.165) is 12.1 Å². The molecule has 1 fully saturated rings. The maximum absolute atomic E-state index is 12.9. The highest BCUT2D eigenvalue weighted by atomic mass is 32.2. The number of hydrogen-bond donors (Lipinski definition) is 2. The van der Waals surface area contributed by atoms with Gasteiger partial charge < -0.3 is 15.4 Å². The number of carbonyl (C=O) groups excluding carboxylic acids is 1. The quantitative estimate of drug-likeness (QED) is 0.696. The van der Waals surface area contributed by atoms with E-state index in [4.69, 9.17) is 4.74 Å². The molecule has 0 aliphatic carbocycles. The van der Waals surface area contributed by atoms with Crippen molar-refractivity contribution in [2.45, 2.75) is 50.0 Å². The molecule has 1 atom stereocenters. The molecule has 2 aromatic rings. The monoisotopic (exact) mass is 434 g/mol. The first kappa shape index (κ1) is 20.8. The van der Waals surface area contributed by atoms with Gasteiger partial charge in [0, 0.05) is 19.6 Å². The van der Waals surface area contributed by atoms with Gasteiger partial charge in [0.2, 0.25) is 10.0 Å². The Bertz CT molecular complexity index is 1010. The molecule has 0 radical (unpaired) electrons. The van der Waals surface area contributed by atoms with Crippen LogP contribution in [0, 0.1) is 0 Å². The standard InChI is InChI=1S/C19H26N6O4S/c1-2-9-20-18(26)21-11-16-17-12-29-19(14-25(17)23-22-16)8-10-24(13-19)30(27,28)15-6-4-3-5-7-15/h3-7H,2,8-14H2,1H3,(H2,20,21,26). The molecule has 2 amide bonds. The molecule has 0 saturated carbocycles. The van der Waals surface area contributed by atoms with Crippen LogP contribution in [-0.2, 0) is 34.5 Å². The van der Waals surface area contributed by atoms with Gasteiger partial charge in [-0.3, -0.25) is 0 Å². The van der Waals surface area contributed by atoms with Gasteiger partial charge in [-0.1, -0.05) is 30.3 Å². The van der Waals surface area contributed by atoms with E-state index in [9.17, 15) is 13.2 Å². The normalized spacial score (nSPS) is 21.5. The van der Waals surface area contributed by atoms with E-state index in [1.54, 1.807) is 35.0 Å². The van der Waals surface area contributed by atoms with Crippen LogP contribution < -0.4 is 10.6 Å². The molecule has 162 valence electrons. The molecule has 2 aliphatic rings. The number of sulfonamides is 1. The van der Waals surface area contributed by atoms with E-state index in [1.165, 1.54) is 4.31 Å². The smallest absolute Gasteiger partial charge is 0.315 e. The lowest BCUT2D eigenvalue weighted by Gasteiger charge is -2.34. The van der Waals surface area contributed by atoms with Crippen LogP contribution in [0.2, 0.25) is 0 Å². The molecule has 4 rings (SSSR count). The van der Waals surface area contributed by atoms with Crippen LogP contribution in [0.5, 0.6) is 0 Å². The minimum atomic E-state index is -3.56. The van der Waals surface area contributed by atoms with Gasteiger partial charge in [0.15, 0.2) is 0 Å². The molecule has 2 aliphatic heterocycles. The maximum atomic E-state index is 12.9. The average Bonchev–Trinajstić information content (AvgIpc) is 3.36. The number of amides is 2. The third-order valence-corrected chi connectivity index (χ3v) is 7.34. The summed E-state index contributed by atoms with van der Waals surface area (Å²) in [6.07, 6.45) is 1.45. The Labute approximate surface area is 175 Å². The minimum Gasteiger partial charge on any atom is -0.365 e. The van der Waals surface area contributed by atoms with Gasteiger partial charge >= 0.3 is 6.03 Å². The van der Waals surface area contributed by atoms with Crippen molar-refractivity contribution < 1.29 is 17.9 Å². The summed E-state index contributed by atoms with van der Waals surface area (Å²) in [5, 5.41) is 13.9. The zero-order chi connectivity index (χ0) is 21.2. The van der Waals surface area contributed by atoms with E-state index in [1.807, 2.05) is 6.92 Å². The van der Waals surface area contributed by atoms with Crippen LogP contribution in [0.1, 0.15) is 31.2 Å². The lowest BCUT2D eigenvalue weighted by Crippen LogP contribution is -2.45. The Morgan fingerprint density at radius 1 is 1.23 bits per heavy atom. The second-order valence-corrected chi connectivity index (χ2v) is 9.56. The van der Waals surface area contributed by atoms with Crippen LogP contribution in [0.25, 0.3) is 0 Å². The Hall–Kier alpha value is -2.50. The Balaban J connectivity index is 1.42. The van der Waals surface area contributed by atoms with Gasteiger partial charge in [-0.2, -0.15) is 4.31 Å². The fourth-order valence-electron chi connectivity index (χ4n) is 3.80. The molecule has 1 aromatic carbocycles. The summed E-state index contributed by atoms with van der Waals surface area (Å²) in [5.74, 6) is 0. The number of nitrogens with zero attached hydrogens (tertiary/aromatic N) is 4. The summed E-state index contributed by atoms with van der Waals surface area (Å²) >= 11 is 0. The highest BCUT2D eigenvalue weighted by molar-refractivity contribution is 7.89. The Morgan fingerprint density at radius 3 is 2.80 bits per heavy atom. The fraction of sp³-hybridized carbons (Fsp3) is 0.526. The Kier molecular flexibility index (Phi) is 5.76. The van der Waals surface area contributed by atoms with E-state index in [0.29, 0.717) is 31.7 Å². The second kappa shape index (κ2) is 8.32. The molecule has 2 N–H and O–H groups in total. The first-order chi connectivity index (χ1) is 14.4. The molecule has 30 heavy (non-hydrogen) atoms. The molecule has 3 heterocycles. The number of hydrogen-bond acceptors (Lipinski definition) is 6. The van der Waals surface area contributed by atoms with Crippen molar-refractivity contribution in [3.05, 3.63) is 41.7 Å². The maximum Gasteiger partial charge on any atom is 0.315 e. The summed E-state index contributed by atoms with van der Waals surface area (Å²) in [4.78, 5) is 12.0. The third-order valence-electron chi connectivity index (χ3n) is 5.49. The molecule has 1 aromatic heterocycles. The van der Waals surface area contributed by atoms with Gasteiger partial charge in [0.25, 0.3) is 0 Å². The van der Waals surface area contributed by atoms with Gasteiger partial charge in [-0.05, 0) is 25.0 Å². The van der Waals surface area contributed by atoms with E-state index in [2.05, 4.69) is 20.9 Å². The van der Waals surface area contributed by atoms with Crippen LogP contribution in [0.3, 0.4) is 0 Å². The summed E-state index contributed by atoms with van der Waals surface area (Å²) in [7, 11) is -3.56. The number of urea groups is 1. The highest BCUT2D eigenvalue weighted by Crippen LogP contribution is 2.35.